The standard InChI is InChI=1S/C20H21FN4O2/c1-12-18-16(20(26)25-8-7-13(11-25)10-22-2)9-17(23-19(18)27-24-12)14-3-5-15(21)6-4-14/h3-6,9,13,22H,7-8,10-11H2,1-2H3. The van der Waals surface area contributed by atoms with Crippen molar-refractivity contribution >= 4 is 17.0 Å². The van der Waals surface area contributed by atoms with Crippen molar-refractivity contribution in [2.24, 2.45) is 5.92 Å². The van der Waals surface area contributed by atoms with Crippen molar-refractivity contribution in [3.63, 3.8) is 0 Å². The van der Waals surface area contributed by atoms with E-state index in [1.54, 1.807) is 25.1 Å². The molecule has 6 nitrogen and oxygen atoms in total. The number of carbonyl (C=O) groups excluding carboxylic acids is 1. The van der Waals surface area contributed by atoms with Crippen molar-refractivity contribution in [1.29, 1.82) is 0 Å². The number of nitrogens with zero attached hydrogens (tertiary/aromatic N) is 3. The number of benzene rings is 1. The van der Waals surface area contributed by atoms with Crippen molar-refractivity contribution in [2.45, 2.75) is 13.3 Å². The Morgan fingerprint density at radius 3 is 2.89 bits per heavy atom. The molecule has 1 amide bonds. The number of hydrogen-bond acceptors (Lipinski definition) is 5. The van der Waals surface area contributed by atoms with Crippen molar-refractivity contribution < 1.29 is 13.7 Å². The molecule has 27 heavy (non-hydrogen) atoms. The highest BCUT2D eigenvalue weighted by molar-refractivity contribution is 6.07. The van der Waals surface area contributed by atoms with Gasteiger partial charge in [0.25, 0.3) is 11.6 Å². The topological polar surface area (TPSA) is 71.3 Å². The minimum atomic E-state index is -0.320. The maximum atomic E-state index is 13.3. The fourth-order valence-corrected chi connectivity index (χ4v) is 3.67. The second-order valence-corrected chi connectivity index (χ2v) is 6.97. The van der Waals surface area contributed by atoms with Crippen LogP contribution in [0.3, 0.4) is 0 Å². The molecule has 1 N–H and O–H groups in total. The third kappa shape index (κ3) is 3.30. The molecule has 0 saturated carbocycles. The minimum absolute atomic E-state index is 0.0457. The Morgan fingerprint density at radius 1 is 1.37 bits per heavy atom. The highest BCUT2D eigenvalue weighted by atomic mass is 19.1. The highest BCUT2D eigenvalue weighted by Crippen LogP contribution is 2.29. The van der Waals surface area contributed by atoms with E-state index in [-0.39, 0.29) is 11.7 Å². The Kier molecular flexibility index (Phi) is 4.61. The molecule has 1 atom stereocenters. The SMILES string of the molecule is CNCC1CCN(C(=O)c2cc(-c3ccc(F)cc3)nc3onc(C)c23)C1. The number of aryl methyl sites for hydroxylation is 1. The van der Waals surface area contributed by atoms with E-state index < -0.39 is 0 Å². The first-order valence-electron chi connectivity index (χ1n) is 9.03. The first-order chi connectivity index (χ1) is 13.1. The molecule has 1 aliphatic heterocycles. The van der Waals surface area contributed by atoms with Gasteiger partial charge in [0.15, 0.2) is 0 Å². The molecule has 1 unspecified atom stereocenters. The number of carbonyl (C=O) groups is 1. The van der Waals surface area contributed by atoms with Gasteiger partial charge in [-0.3, -0.25) is 4.79 Å². The van der Waals surface area contributed by atoms with Crippen LogP contribution < -0.4 is 5.32 Å². The second-order valence-electron chi connectivity index (χ2n) is 6.97. The Bertz CT molecular complexity index is 984. The maximum absolute atomic E-state index is 13.3. The summed E-state index contributed by atoms with van der Waals surface area (Å²) in [5.74, 6) is 0.0892. The third-order valence-electron chi connectivity index (χ3n) is 5.05. The number of aromatic nitrogens is 2. The third-order valence-corrected chi connectivity index (χ3v) is 5.05. The van der Waals surface area contributed by atoms with Gasteiger partial charge in [-0.25, -0.2) is 9.37 Å². The fourth-order valence-electron chi connectivity index (χ4n) is 3.67. The number of fused-ring (bicyclic) bond motifs is 1. The molecule has 7 heteroatoms. The molecule has 4 rings (SSSR count). The summed E-state index contributed by atoms with van der Waals surface area (Å²) in [6, 6.07) is 7.78. The predicted octanol–water partition coefficient (Wildman–Crippen LogP) is 3.02. The quantitative estimate of drug-likeness (QED) is 0.766. The van der Waals surface area contributed by atoms with Gasteiger partial charge >= 0.3 is 0 Å². The molecule has 0 radical (unpaired) electrons. The van der Waals surface area contributed by atoms with Crippen LogP contribution in [0.1, 0.15) is 22.5 Å². The number of rotatable bonds is 4. The normalized spacial score (nSPS) is 17.0. The zero-order valence-corrected chi connectivity index (χ0v) is 15.3. The van der Waals surface area contributed by atoms with Gasteiger partial charge in [0.2, 0.25) is 0 Å². The van der Waals surface area contributed by atoms with Crippen molar-refractivity contribution in [3.8, 4) is 11.3 Å². The van der Waals surface area contributed by atoms with E-state index in [0.29, 0.717) is 34.0 Å². The number of halogens is 1. The first kappa shape index (κ1) is 17.6. The molecule has 2 aromatic heterocycles. The summed E-state index contributed by atoms with van der Waals surface area (Å²) in [5, 5.41) is 7.80. The number of hydrogen-bond donors (Lipinski definition) is 1. The van der Waals surface area contributed by atoms with Crippen molar-refractivity contribution in [1.82, 2.24) is 20.4 Å². The van der Waals surface area contributed by atoms with Crippen LogP contribution in [0.2, 0.25) is 0 Å². The number of nitrogens with one attached hydrogen (secondary N) is 1. The average molecular weight is 368 g/mol. The van der Waals surface area contributed by atoms with E-state index in [2.05, 4.69) is 15.5 Å². The Hall–Kier alpha value is -2.80. The van der Waals surface area contributed by atoms with Gasteiger partial charge in [0, 0.05) is 18.7 Å². The van der Waals surface area contributed by atoms with E-state index in [1.165, 1.54) is 12.1 Å². The minimum Gasteiger partial charge on any atom is -0.338 e. The molecule has 0 aliphatic carbocycles. The summed E-state index contributed by atoms with van der Waals surface area (Å²) in [6.07, 6.45) is 0.980. The number of pyridine rings is 1. The molecule has 1 aromatic carbocycles. The molecule has 1 saturated heterocycles. The average Bonchev–Trinajstić information content (AvgIpc) is 3.28. The van der Waals surface area contributed by atoms with Gasteiger partial charge in [-0.1, -0.05) is 5.16 Å². The lowest BCUT2D eigenvalue weighted by atomic mass is 10.0. The van der Waals surface area contributed by atoms with Crippen molar-refractivity contribution in [2.75, 3.05) is 26.7 Å². The predicted molar refractivity (Wildman–Crippen MR) is 99.9 cm³/mol. The highest BCUT2D eigenvalue weighted by Gasteiger charge is 2.29. The molecule has 140 valence electrons. The van der Waals surface area contributed by atoms with Crippen molar-refractivity contribution in [3.05, 3.63) is 47.4 Å². The summed E-state index contributed by atoms with van der Waals surface area (Å²) in [7, 11) is 1.92. The van der Waals surface area contributed by atoms with Crippen LogP contribution in [0.4, 0.5) is 4.39 Å². The van der Waals surface area contributed by atoms with Gasteiger partial charge in [0.1, 0.15) is 5.82 Å². The van der Waals surface area contributed by atoms with Crippen LogP contribution in [0.5, 0.6) is 0 Å². The number of likely N-dealkylation sites (tertiary alicyclic amines) is 1. The Labute approximate surface area is 156 Å². The summed E-state index contributed by atoms with van der Waals surface area (Å²) in [4.78, 5) is 19.6. The Morgan fingerprint density at radius 2 is 2.15 bits per heavy atom. The van der Waals surface area contributed by atoms with Crippen LogP contribution in [-0.4, -0.2) is 47.6 Å². The largest absolute Gasteiger partial charge is 0.338 e. The molecule has 1 fully saturated rings. The molecular weight excluding hydrogens is 347 g/mol. The van der Waals surface area contributed by atoms with Gasteiger partial charge in [-0.15, -0.1) is 0 Å². The monoisotopic (exact) mass is 368 g/mol. The van der Waals surface area contributed by atoms with E-state index in [9.17, 15) is 9.18 Å². The van der Waals surface area contributed by atoms with Crippen LogP contribution in [-0.2, 0) is 0 Å². The molecule has 0 bridgehead atoms. The van der Waals surface area contributed by atoms with Gasteiger partial charge in [-0.05, 0) is 63.2 Å². The molecule has 1 aliphatic rings. The lowest BCUT2D eigenvalue weighted by Crippen LogP contribution is -2.30. The maximum Gasteiger partial charge on any atom is 0.259 e. The molecule has 0 spiro atoms. The van der Waals surface area contributed by atoms with Gasteiger partial charge in [0.05, 0.1) is 22.3 Å². The van der Waals surface area contributed by atoms with Crippen LogP contribution >= 0.6 is 0 Å². The fraction of sp³-hybridized carbons (Fsp3) is 0.350. The van der Waals surface area contributed by atoms with Crippen LogP contribution in [0, 0.1) is 18.7 Å². The summed E-state index contributed by atoms with van der Waals surface area (Å²) >= 11 is 0. The van der Waals surface area contributed by atoms with Gasteiger partial charge < -0.3 is 14.7 Å². The first-order valence-corrected chi connectivity index (χ1v) is 9.03. The summed E-state index contributed by atoms with van der Waals surface area (Å²) < 4.78 is 18.6. The summed E-state index contributed by atoms with van der Waals surface area (Å²) in [6.45, 7) is 4.14. The Balaban J connectivity index is 1.75. The zero-order valence-electron chi connectivity index (χ0n) is 15.3. The molecular formula is C20H21FN4O2. The van der Waals surface area contributed by atoms with E-state index in [0.717, 1.165) is 31.6 Å². The number of amides is 1. The lowest BCUT2D eigenvalue weighted by Gasteiger charge is -2.17. The van der Waals surface area contributed by atoms with E-state index in [4.69, 9.17) is 4.52 Å². The van der Waals surface area contributed by atoms with Crippen LogP contribution in [0.25, 0.3) is 22.4 Å². The smallest absolute Gasteiger partial charge is 0.259 e. The van der Waals surface area contributed by atoms with Gasteiger partial charge in [-0.2, -0.15) is 0 Å². The van der Waals surface area contributed by atoms with Crippen LogP contribution in [0.15, 0.2) is 34.9 Å². The zero-order chi connectivity index (χ0) is 19.0. The molecule has 3 aromatic rings. The lowest BCUT2D eigenvalue weighted by molar-refractivity contribution is 0.0789. The second kappa shape index (κ2) is 7.08. The summed E-state index contributed by atoms with van der Waals surface area (Å²) in [5.41, 5.74) is 2.77. The van der Waals surface area contributed by atoms with E-state index >= 15 is 0 Å². The van der Waals surface area contributed by atoms with E-state index in [1.807, 2.05) is 11.9 Å². The molecule has 3 heterocycles.